The quantitative estimate of drug-likeness (QED) is 0.701. The van der Waals surface area contributed by atoms with Gasteiger partial charge in [-0.05, 0) is 62.4 Å². The molecule has 1 aliphatic heterocycles. The highest BCUT2D eigenvalue weighted by molar-refractivity contribution is 5.91. The van der Waals surface area contributed by atoms with E-state index in [9.17, 15) is 4.79 Å². The molecule has 1 N–H and O–H groups in total. The molecule has 3 heterocycles. The first-order chi connectivity index (χ1) is 14.3. The van der Waals surface area contributed by atoms with Crippen molar-refractivity contribution in [3.05, 3.63) is 47.9 Å². The Balaban J connectivity index is 1.20. The fourth-order valence-corrected chi connectivity index (χ4v) is 4.28. The summed E-state index contributed by atoms with van der Waals surface area (Å²) in [7, 11) is 0. The number of aromatic nitrogens is 1. The Bertz CT molecular complexity index is 1020. The number of carbonyl (C=O) groups excluding carboxylic acids is 1. The number of hydrogen-bond donors (Lipinski definition) is 1. The number of pyridine rings is 1. The number of carbonyl (C=O) groups is 1. The summed E-state index contributed by atoms with van der Waals surface area (Å²) in [5, 5.41) is 3.91. The van der Waals surface area contributed by atoms with Crippen LogP contribution in [-0.2, 0) is 17.6 Å². The monoisotopic (exact) mass is 391 g/mol. The van der Waals surface area contributed by atoms with E-state index in [0.29, 0.717) is 11.6 Å². The molecular formula is C23H25N3O3. The molecule has 1 aromatic carbocycles. The standard InChI is InChI=1S/C23H25N3O3/c27-23(25-22-10-7-16(14-24-22)26-11-3-4-12-26)15-28-17-8-9-21-19(13-17)18-5-1-2-6-20(18)29-21/h7-10,13-14H,1-6,11-12,15H2,(H,24,25,27). The van der Waals surface area contributed by atoms with Gasteiger partial charge in [-0.1, -0.05) is 0 Å². The number of amides is 1. The molecule has 6 heteroatoms. The lowest BCUT2D eigenvalue weighted by atomic mass is 9.96. The van der Waals surface area contributed by atoms with Crippen LogP contribution >= 0.6 is 0 Å². The van der Waals surface area contributed by atoms with E-state index in [4.69, 9.17) is 9.15 Å². The Labute approximate surface area is 169 Å². The van der Waals surface area contributed by atoms with Gasteiger partial charge in [0.15, 0.2) is 6.61 Å². The highest BCUT2D eigenvalue weighted by Crippen LogP contribution is 2.34. The van der Waals surface area contributed by atoms with Crippen LogP contribution in [0.25, 0.3) is 11.0 Å². The van der Waals surface area contributed by atoms with E-state index in [1.54, 1.807) is 0 Å². The molecule has 150 valence electrons. The van der Waals surface area contributed by atoms with Crippen LogP contribution in [0.4, 0.5) is 11.5 Å². The van der Waals surface area contributed by atoms with E-state index in [-0.39, 0.29) is 12.5 Å². The predicted molar refractivity (Wildman–Crippen MR) is 113 cm³/mol. The normalized spacial score (nSPS) is 16.1. The van der Waals surface area contributed by atoms with Gasteiger partial charge in [-0.2, -0.15) is 0 Å². The molecule has 0 saturated carbocycles. The van der Waals surface area contributed by atoms with Crippen LogP contribution in [-0.4, -0.2) is 30.6 Å². The number of nitrogens with one attached hydrogen (secondary N) is 1. The van der Waals surface area contributed by atoms with E-state index in [0.717, 1.165) is 48.3 Å². The van der Waals surface area contributed by atoms with Crippen LogP contribution in [0.3, 0.4) is 0 Å². The Morgan fingerprint density at radius 3 is 2.79 bits per heavy atom. The largest absolute Gasteiger partial charge is 0.484 e. The van der Waals surface area contributed by atoms with Crippen molar-refractivity contribution in [2.45, 2.75) is 38.5 Å². The number of furan rings is 1. The highest BCUT2D eigenvalue weighted by Gasteiger charge is 2.18. The summed E-state index contributed by atoms with van der Waals surface area (Å²) in [4.78, 5) is 18.9. The second-order valence-electron chi connectivity index (χ2n) is 7.80. The van der Waals surface area contributed by atoms with Crippen molar-refractivity contribution < 1.29 is 13.9 Å². The summed E-state index contributed by atoms with van der Waals surface area (Å²) in [6, 6.07) is 9.62. The maximum atomic E-state index is 12.3. The van der Waals surface area contributed by atoms with Gasteiger partial charge in [-0.3, -0.25) is 4.79 Å². The van der Waals surface area contributed by atoms with Crippen molar-refractivity contribution >= 4 is 28.4 Å². The van der Waals surface area contributed by atoms with Gasteiger partial charge < -0.3 is 19.4 Å². The number of nitrogens with zero attached hydrogens (tertiary/aromatic N) is 2. The van der Waals surface area contributed by atoms with E-state index < -0.39 is 0 Å². The average Bonchev–Trinajstić information content (AvgIpc) is 3.41. The van der Waals surface area contributed by atoms with Gasteiger partial charge in [0.1, 0.15) is 22.9 Å². The summed E-state index contributed by atoms with van der Waals surface area (Å²) in [5.74, 6) is 2.10. The first-order valence-electron chi connectivity index (χ1n) is 10.4. The van der Waals surface area contributed by atoms with E-state index in [1.165, 1.54) is 31.2 Å². The molecular weight excluding hydrogens is 366 g/mol. The molecule has 6 nitrogen and oxygen atoms in total. The second-order valence-corrected chi connectivity index (χ2v) is 7.80. The Kier molecular flexibility index (Phi) is 4.84. The third kappa shape index (κ3) is 3.79. The lowest BCUT2D eigenvalue weighted by molar-refractivity contribution is -0.118. The lowest BCUT2D eigenvalue weighted by Gasteiger charge is -2.17. The molecule has 1 aliphatic carbocycles. The topological polar surface area (TPSA) is 67.6 Å². The smallest absolute Gasteiger partial charge is 0.263 e. The molecule has 29 heavy (non-hydrogen) atoms. The van der Waals surface area contributed by atoms with Crippen LogP contribution in [0, 0.1) is 0 Å². The molecule has 0 bridgehead atoms. The van der Waals surface area contributed by atoms with Crippen molar-refractivity contribution in [3.63, 3.8) is 0 Å². The highest BCUT2D eigenvalue weighted by atomic mass is 16.5. The van der Waals surface area contributed by atoms with Crippen molar-refractivity contribution in [1.29, 1.82) is 0 Å². The van der Waals surface area contributed by atoms with E-state index in [1.807, 2.05) is 36.5 Å². The molecule has 2 aromatic heterocycles. The first kappa shape index (κ1) is 18.0. The van der Waals surface area contributed by atoms with E-state index >= 15 is 0 Å². The zero-order valence-electron chi connectivity index (χ0n) is 16.4. The van der Waals surface area contributed by atoms with E-state index in [2.05, 4.69) is 15.2 Å². The van der Waals surface area contributed by atoms with Gasteiger partial charge >= 0.3 is 0 Å². The molecule has 2 aliphatic rings. The number of benzene rings is 1. The van der Waals surface area contributed by atoms with Crippen LogP contribution < -0.4 is 15.0 Å². The molecule has 0 atom stereocenters. The van der Waals surface area contributed by atoms with Gasteiger partial charge in [0, 0.05) is 30.5 Å². The molecule has 1 amide bonds. The van der Waals surface area contributed by atoms with Crippen LogP contribution in [0.15, 0.2) is 40.9 Å². The van der Waals surface area contributed by atoms with Gasteiger partial charge in [0.05, 0.1) is 11.9 Å². The van der Waals surface area contributed by atoms with Crippen molar-refractivity contribution in [2.24, 2.45) is 0 Å². The number of anilines is 2. The second kappa shape index (κ2) is 7.78. The SMILES string of the molecule is O=C(COc1ccc2oc3c(c2c1)CCCC3)Nc1ccc(N2CCCC2)cn1. The number of fused-ring (bicyclic) bond motifs is 3. The van der Waals surface area contributed by atoms with Gasteiger partial charge in [0.2, 0.25) is 0 Å². The molecule has 1 fully saturated rings. The molecule has 0 spiro atoms. The molecule has 0 unspecified atom stereocenters. The zero-order chi connectivity index (χ0) is 19.6. The number of rotatable bonds is 5. The van der Waals surface area contributed by atoms with Gasteiger partial charge in [-0.25, -0.2) is 4.98 Å². The zero-order valence-corrected chi connectivity index (χ0v) is 16.4. The third-order valence-electron chi connectivity index (χ3n) is 5.78. The Morgan fingerprint density at radius 2 is 1.97 bits per heavy atom. The van der Waals surface area contributed by atoms with Crippen LogP contribution in [0.5, 0.6) is 5.75 Å². The summed E-state index contributed by atoms with van der Waals surface area (Å²) in [6.07, 6.45) is 8.70. The third-order valence-corrected chi connectivity index (χ3v) is 5.78. The number of aryl methyl sites for hydroxylation is 2. The van der Waals surface area contributed by atoms with Crippen molar-refractivity contribution in [2.75, 3.05) is 29.9 Å². The molecule has 0 radical (unpaired) electrons. The molecule has 3 aromatic rings. The van der Waals surface area contributed by atoms with Crippen molar-refractivity contribution in [1.82, 2.24) is 4.98 Å². The summed E-state index contributed by atoms with van der Waals surface area (Å²) < 4.78 is 11.7. The predicted octanol–water partition coefficient (Wildman–Crippen LogP) is 4.32. The number of ether oxygens (including phenoxy) is 1. The van der Waals surface area contributed by atoms with Crippen LogP contribution in [0.1, 0.15) is 37.0 Å². The molecule has 5 rings (SSSR count). The minimum absolute atomic E-state index is 0.0545. The maximum Gasteiger partial charge on any atom is 0.263 e. The maximum absolute atomic E-state index is 12.3. The lowest BCUT2D eigenvalue weighted by Crippen LogP contribution is -2.21. The van der Waals surface area contributed by atoms with Crippen molar-refractivity contribution in [3.8, 4) is 5.75 Å². The Hall–Kier alpha value is -3.02. The Morgan fingerprint density at radius 1 is 1.10 bits per heavy atom. The first-order valence-corrected chi connectivity index (χ1v) is 10.4. The summed E-state index contributed by atoms with van der Waals surface area (Å²) >= 11 is 0. The average molecular weight is 391 g/mol. The fourth-order valence-electron chi connectivity index (χ4n) is 4.28. The summed E-state index contributed by atoms with van der Waals surface area (Å²) in [5.41, 5.74) is 3.30. The fraction of sp³-hybridized carbons (Fsp3) is 0.391. The van der Waals surface area contributed by atoms with Crippen LogP contribution in [0.2, 0.25) is 0 Å². The van der Waals surface area contributed by atoms with Gasteiger partial charge in [-0.15, -0.1) is 0 Å². The minimum atomic E-state index is -0.222. The minimum Gasteiger partial charge on any atom is -0.484 e. The molecule has 1 saturated heterocycles. The number of hydrogen-bond acceptors (Lipinski definition) is 5. The van der Waals surface area contributed by atoms with Gasteiger partial charge in [0.25, 0.3) is 5.91 Å². The summed E-state index contributed by atoms with van der Waals surface area (Å²) in [6.45, 7) is 2.10.